The Morgan fingerprint density at radius 1 is 0.397 bits per heavy atom. The molecule has 0 radical (unpaired) electrons. The number of aliphatic hydroxyl groups is 3. The third kappa shape index (κ3) is 50.1. The van der Waals surface area contributed by atoms with Gasteiger partial charge in [0.05, 0.1) is 31.3 Å². The van der Waals surface area contributed by atoms with Gasteiger partial charge in [0, 0.05) is 0 Å². The molecule has 1 amide bonds. The summed E-state index contributed by atoms with van der Waals surface area (Å²) < 4.78 is 0. The molecule has 0 aromatic heterocycles. The van der Waals surface area contributed by atoms with Crippen molar-refractivity contribution in [1.29, 1.82) is 0 Å². The Morgan fingerprint density at radius 2 is 0.667 bits per heavy atom. The van der Waals surface area contributed by atoms with Crippen molar-refractivity contribution in [1.82, 2.24) is 5.32 Å². The van der Waals surface area contributed by atoms with Crippen LogP contribution in [0, 0.1) is 0 Å². The van der Waals surface area contributed by atoms with Crippen molar-refractivity contribution in [2.75, 3.05) is 6.61 Å². The van der Waals surface area contributed by atoms with Crippen LogP contribution in [0.25, 0.3) is 0 Å². The number of allylic oxidation sites excluding steroid dienone is 3. The third-order valence-corrected chi connectivity index (χ3v) is 13.5. The summed E-state index contributed by atoms with van der Waals surface area (Å²) in [5.41, 5.74) is 0. The molecule has 5 heteroatoms. The minimum absolute atomic E-state index is 0.0148. The van der Waals surface area contributed by atoms with Crippen LogP contribution in [0.5, 0.6) is 0 Å². The lowest BCUT2D eigenvalue weighted by Gasteiger charge is -2.21. The molecule has 0 saturated carbocycles. The van der Waals surface area contributed by atoms with Gasteiger partial charge in [-0.25, -0.2) is 0 Å². The van der Waals surface area contributed by atoms with Gasteiger partial charge < -0.3 is 20.6 Å². The molecule has 374 valence electrons. The zero-order valence-corrected chi connectivity index (χ0v) is 42.7. The van der Waals surface area contributed by atoms with Crippen LogP contribution in [-0.4, -0.2) is 46.1 Å². The van der Waals surface area contributed by atoms with E-state index in [1.807, 2.05) is 6.08 Å². The molecule has 0 aliphatic heterocycles. The van der Waals surface area contributed by atoms with E-state index in [-0.39, 0.29) is 18.9 Å². The molecule has 0 aliphatic rings. The highest BCUT2D eigenvalue weighted by molar-refractivity contribution is 5.76. The first-order valence-electron chi connectivity index (χ1n) is 28.6. The first kappa shape index (κ1) is 61.8. The predicted octanol–water partition coefficient (Wildman–Crippen LogP) is 17.7. The Morgan fingerprint density at radius 3 is 0.968 bits per heavy atom. The van der Waals surface area contributed by atoms with Crippen molar-refractivity contribution in [3.05, 3.63) is 24.3 Å². The van der Waals surface area contributed by atoms with Crippen molar-refractivity contribution in [2.45, 2.75) is 334 Å². The molecular weight excluding hydrogens is 775 g/mol. The summed E-state index contributed by atoms with van der Waals surface area (Å²) in [4.78, 5) is 12.5. The van der Waals surface area contributed by atoms with Gasteiger partial charge in [-0.3, -0.25) is 4.79 Å². The summed E-state index contributed by atoms with van der Waals surface area (Å²) in [6.45, 7) is 4.25. The van der Waals surface area contributed by atoms with Gasteiger partial charge in [-0.05, 0) is 44.9 Å². The number of carbonyl (C=O) groups is 1. The van der Waals surface area contributed by atoms with E-state index in [1.165, 1.54) is 263 Å². The molecule has 63 heavy (non-hydrogen) atoms. The molecule has 0 fully saturated rings. The van der Waals surface area contributed by atoms with Crippen LogP contribution < -0.4 is 5.32 Å². The highest BCUT2D eigenvalue weighted by atomic mass is 16.3. The molecule has 0 aromatic rings. The Bertz CT molecular complexity index is 936. The van der Waals surface area contributed by atoms with Crippen LogP contribution in [0.4, 0.5) is 0 Å². The fraction of sp³-hybridized carbons (Fsp3) is 0.914. The molecule has 3 atom stereocenters. The van der Waals surface area contributed by atoms with E-state index < -0.39 is 18.2 Å². The van der Waals surface area contributed by atoms with E-state index in [4.69, 9.17) is 0 Å². The van der Waals surface area contributed by atoms with Gasteiger partial charge in [0.15, 0.2) is 0 Å². The Kier molecular flexibility index (Phi) is 52.5. The number of hydrogen-bond donors (Lipinski definition) is 4. The lowest BCUT2D eigenvalue weighted by molar-refractivity contribution is -0.124. The molecule has 0 saturated heterocycles. The summed E-state index contributed by atoms with van der Waals surface area (Å²) in [6, 6.07) is -0.744. The number of rotatable bonds is 53. The molecule has 0 rings (SSSR count). The van der Waals surface area contributed by atoms with E-state index in [9.17, 15) is 20.1 Å². The zero-order chi connectivity index (χ0) is 45.8. The van der Waals surface area contributed by atoms with Crippen LogP contribution in [0.2, 0.25) is 0 Å². The van der Waals surface area contributed by atoms with E-state index in [0.717, 1.165) is 25.7 Å². The summed E-state index contributed by atoms with van der Waals surface area (Å²) in [5, 5.41) is 33.5. The third-order valence-electron chi connectivity index (χ3n) is 13.5. The minimum Gasteiger partial charge on any atom is -0.394 e. The number of carbonyl (C=O) groups excluding carboxylic acids is 1. The predicted molar refractivity (Wildman–Crippen MR) is 278 cm³/mol. The highest BCUT2D eigenvalue weighted by Crippen LogP contribution is 2.17. The monoisotopic (exact) mass is 888 g/mol. The van der Waals surface area contributed by atoms with Gasteiger partial charge in [0.25, 0.3) is 0 Å². The molecule has 0 aliphatic carbocycles. The Hall–Kier alpha value is -1.17. The van der Waals surface area contributed by atoms with E-state index in [0.29, 0.717) is 6.42 Å². The summed E-state index contributed by atoms with van der Waals surface area (Å²) in [7, 11) is 0. The fourth-order valence-corrected chi connectivity index (χ4v) is 9.10. The van der Waals surface area contributed by atoms with Crippen LogP contribution in [0.1, 0.15) is 316 Å². The molecule has 4 N–H and O–H groups in total. The normalized spacial score (nSPS) is 13.4. The van der Waals surface area contributed by atoms with Crippen molar-refractivity contribution >= 4 is 5.91 Å². The molecule has 0 spiro atoms. The van der Waals surface area contributed by atoms with Crippen molar-refractivity contribution in [3.8, 4) is 0 Å². The van der Waals surface area contributed by atoms with E-state index in [1.54, 1.807) is 6.08 Å². The van der Waals surface area contributed by atoms with Crippen molar-refractivity contribution < 1.29 is 20.1 Å². The van der Waals surface area contributed by atoms with Gasteiger partial charge in [-0.2, -0.15) is 0 Å². The SMILES string of the molecule is CCCCCCCCCCCCCC/C=C\CCCCCCCCCCCC(O)CC(=O)NC(CO)C(O)/C=C/CCCCCCCCCCCCCCCCCCCCCCC. The first-order valence-corrected chi connectivity index (χ1v) is 28.6. The number of amides is 1. The maximum Gasteiger partial charge on any atom is 0.222 e. The Labute approximate surface area is 394 Å². The van der Waals surface area contributed by atoms with Gasteiger partial charge in [-0.1, -0.05) is 289 Å². The topological polar surface area (TPSA) is 89.8 Å². The van der Waals surface area contributed by atoms with Crippen LogP contribution >= 0.6 is 0 Å². The van der Waals surface area contributed by atoms with Gasteiger partial charge in [0.2, 0.25) is 5.91 Å². The van der Waals surface area contributed by atoms with E-state index >= 15 is 0 Å². The summed E-state index contributed by atoms with van der Waals surface area (Å²) >= 11 is 0. The van der Waals surface area contributed by atoms with Crippen LogP contribution in [0.3, 0.4) is 0 Å². The van der Waals surface area contributed by atoms with Gasteiger partial charge >= 0.3 is 0 Å². The number of hydrogen-bond acceptors (Lipinski definition) is 4. The maximum atomic E-state index is 12.5. The standard InChI is InChI=1S/C58H113NO4/c1-3-5-7-9-11-13-15-17-19-21-23-25-27-28-30-31-33-35-37-39-41-43-45-47-49-51-55(61)53-58(63)59-56(54-60)57(62)52-50-48-46-44-42-40-38-36-34-32-29-26-24-22-20-18-16-14-12-10-8-6-4-2/h28,30,50,52,55-57,60-62H,3-27,29,31-49,51,53-54H2,1-2H3,(H,59,63)/b30-28-,52-50+. The molecule has 0 heterocycles. The number of nitrogens with one attached hydrogen (secondary N) is 1. The lowest BCUT2D eigenvalue weighted by atomic mass is 10.0. The van der Waals surface area contributed by atoms with E-state index in [2.05, 4.69) is 31.3 Å². The smallest absolute Gasteiger partial charge is 0.222 e. The second-order valence-electron chi connectivity index (χ2n) is 19.9. The molecule has 5 nitrogen and oxygen atoms in total. The van der Waals surface area contributed by atoms with Crippen LogP contribution in [0.15, 0.2) is 24.3 Å². The average molecular weight is 889 g/mol. The number of aliphatic hydroxyl groups excluding tert-OH is 3. The largest absolute Gasteiger partial charge is 0.394 e. The van der Waals surface area contributed by atoms with Gasteiger partial charge in [0.1, 0.15) is 0 Å². The Balaban J connectivity index is 3.56. The number of unbranched alkanes of at least 4 members (excludes halogenated alkanes) is 42. The lowest BCUT2D eigenvalue weighted by Crippen LogP contribution is -2.45. The molecule has 3 unspecified atom stereocenters. The maximum absolute atomic E-state index is 12.5. The minimum atomic E-state index is -0.929. The average Bonchev–Trinajstić information content (AvgIpc) is 3.28. The van der Waals surface area contributed by atoms with Crippen molar-refractivity contribution in [3.63, 3.8) is 0 Å². The molecular formula is C58H113NO4. The summed E-state index contributed by atoms with van der Waals surface area (Å²) in [5.74, 6) is -0.312. The molecule has 0 aromatic carbocycles. The highest BCUT2D eigenvalue weighted by Gasteiger charge is 2.20. The van der Waals surface area contributed by atoms with Crippen LogP contribution in [-0.2, 0) is 4.79 Å². The van der Waals surface area contributed by atoms with Gasteiger partial charge in [-0.15, -0.1) is 0 Å². The summed E-state index contributed by atoms with van der Waals surface area (Å²) in [6.07, 6.45) is 68.0. The van der Waals surface area contributed by atoms with Crippen molar-refractivity contribution in [2.24, 2.45) is 0 Å². The fourth-order valence-electron chi connectivity index (χ4n) is 9.10. The second kappa shape index (κ2) is 53.4. The molecule has 0 bridgehead atoms. The zero-order valence-electron chi connectivity index (χ0n) is 42.7. The first-order chi connectivity index (χ1) is 31.0. The quantitative estimate of drug-likeness (QED) is 0.0362. The second-order valence-corrected chi connectivity index (χ2v) is 19.9.